The van der Waals surface area contributed by atoms with Crippen LogP contribution < -0.4 is 0 Å². The van der Waals surface area contributed by atoms with Gasteiger partial charge in [0, 0.05) is 4.47 Å². The van der Waals surface area contributed by atoms with E-state index in [1.807, 2.05) is 54.6 Å². The van der Waals surface area contributed by atoms with Crippen LogP contribution >= 0.6 is 15.9 Å². The molecular formula is C16H10BrN3. The summed E-state index contributed by atoms with van der Waals surface area (Å²) in [7, 11) is 0. The SMILES string of the molecule is N#C/C(=C/c1cccc(Br)c1)c1nc2ccccc2[nH]1. The zero-order valence-electron chi connectivity index (χ0n) is 10.5. The number of H-pyrrole nitrogens is 1. The highest BCUT2D eigenvalue weighted by molar-refractivity contribution is 9.10. The van der Waals surface area contributed by atoms with Crippen molar-refractivity contribution in [1.29, 1.82) is 5.26 Å². The molecule has 2 aromatic carbocycles. The molecule has 0 aliphatic heterocycles. The summed E-state index contributed by atoms with van der Waals surface area (Å²) in [6.07, 6.45) is 1.82. The first-order chi connectivity index (χ1) is 9.76. The number of imidazole rings is 1. The highest BCUT2D eigenvalue weighted by Crippen LogP contribution is 2.20. The summed E-state index contributed by atoms with van der Waals surface area (Å²) in [5.41, 5.74) is 3.26. The first kappa shape index (κ1) is 12.6. The summed E-state index contributed by atoms with van der Waals surface area (Å²) in [5.74, 6) is 0.591. The van der Waals surface area contributed by atoms with Crippen LogP contribution in [0.1, 0.15) is 11.4 Å². The van der Waals surface area contributed by atoms with Gasteiger partial charge in [0.1, 0.15) is 11.9 Å². The number of para-hydroxylation sites is 2. The van der Waals surface area contributed by atoms with Gasteiger partial charge in [-0.05, 0) is 35.9 Å². The molecule has 0 aliphatic carbocycles. The molecule has 4 heteroatoms. The van der Waals surface area contributed by atoms with Crippen LogP contribution in [-0.2, 0) is 0 Å². The summed E-state index contributed by atoms with van der Waals surface area (Å²) < 4.78 is 0.980. The zero-order valence-corrected chi connectivity index (χ0v) is 12.1. The van der Waals surface area contributed by atoms with Crippen molar-refractivity contribution >= 4 is 38.6 Å². The molecule has 0 spiro atoms. The van der Waals surface area contributed by atoms with Crippen LogP contribution in [-0.4, -0.2) is 9.97 Å². The van der Waals surface area contributed by atoms with Crippen LogP contribution in [0.5, 0.6) is 0 Å². The van der Waals surface area contributed by atoms with Crippen molar-refractivity contribution in [2.75, 3.05) is 0 Å². The van der Waals surface area contributed by atoms with Gasteiger partial charge in [0.05, 0.1) is 16.6 Å². The number of rotatable bonds is 2. The second-order valence-electron chi connectivity index (χ2n) is 4.33. The van der Waals surface area contributed by atoms with Crippen molar-refractivity contribution in [3.05, 3.63) is 64.4 Å². The molecule has 0 fully saturated rings. The zero-order chi connectivity index (χ0) is 13.9. The van der Waals surface area contributed by atoms with Crippen molar-refractivity contribution in [2.24, 2.45) is 0 Å². The van der Waals surface area contributed by atoms with Crippen molar-refractivity contribution in [2.45, 2.75) is 0 Å². The third kappa shape index (κ3) is 2.49. The van der Waals surface area contributed by atoms with E-state index in [0.717, 1.165) is 21.1 Å². The van der Waals surface area contributed by atoms with Gasteiger partial charge >= 0.3 is 0 Å². The molecule has 96 valence electrons. The number of allylic oxidation sites excluding steroid dienone is 1. The lowest BCUT2D eigenvalue weighted by atomic mass is 10.1. The summed E-state index contributed by atoms with van der Waals surface area (Å²) in [6, 6.07) is 17.7. The predicted molar refractivity (Wildman–Crippen MR) is 83.7 cm³/mol. The van der Waals surface area contributed by atoms with Crippen LogP contribution in [0.3, 0.4) is 0 Å². The normalized spacial score (nSPS) is 11.5. The Morgan fingerprint density at radius 1 is 1.20 bits per heavy atom. The fourth-order valence-electron chi connectivity index (χ4n) is 2.00. The first-order valence-electron chi connectivity index (χ1n) is 6.09. The number of fused-ring (bicyclic) bond motifs is 1. The van der Waals surface area contributed by atoms with E-state index in [0.29, 0.717) is 11.4 Å². The second kappa shape index (κ2) is 5.32. The van der Waals surface area contributed by atoms with E-state index in [9.17, 15) is 5.26 Å². The highest BCUT2D eigenvalue weighted by atomic mass is 79.9. The first-order valence-corrected chi connectivity index (χ1v) is 6.88. The van der Waals surface area contributed by atoms with Gasteiger partial charge in [-0.1, -0.05) is 40.2 Å². The average molecular weight is 324 g/mol. The van der Waals surface area contributed by atoms with E-state index in [4.69, 9.17) is 0 Å². The molecule has 0 atom stereocenters. The molecule has 1 aromatic heterocycles. The molecular weight excluding hydrogens is 314 g/mol. The van der Waals surface area contributed by atoms with E-state index >= 15 is 0 Å². The van der Waals surface area contributed by atoms with Gasteiger partial charge in [-0.3, -0.25) is 0 Å². The maximum Gasteiger partial charge on any atom is 0.149 e. The Morgan fingerprint density at radius 3 is 2.80 bits per heavy atom. The molecule has 0 bridgehead atoms. The van der Waals surface area contributed by atoms with Gasteiger partial charge in [-0.15, -0.1) is 0 Å². The summed E-state index contributed by atoms with van der Waals surface area (Å²) in [6.45, 7) is 0. The quantitative estimate of drug-likeness (QED) is 0.711. The van der Waals surface area contributed by atoms with E-state index in [1.54, 1.807) is 0 Å². The number of hydrogen-bond acceptors (Lipinski definition) is 2. The van der Waals surface area contributed by atoms with Crippen LogP contribution in [0.25, 0.3) is 22.7 Å². The molecule has 0 radical (unpaired) electrons. The van der Waals surface area contributed by atoms with Crippen LogP contribution in [0, 0.1) is 11.3 Å². The summed E-state index contributed by atoms with van der Waals surface area (Å²) in [5, 5.41) is 9.35. The van der Waals surface area contributed by atoms with Crippen LogP contribution in [0.2, 0.25) is 0 Å². The minimum absolute atomic E-state index is 0.513. The van der Waals surface area contributed by atoms with Gasteiger partial charge in [0.15, 0.2) is 0 Å². The van der Waals surface area contributed by atoms with Gasteiger partial charge in [0.2, 0.25) is 0 Å². The Morgan fingerprint density at radius 2 is 2.05 bits per heavy atom. The second-order valence-corrected chi connectivity index (χ2v) is 5.24. The van der Waals surface area contributed by atoms with Gasteiger partial charge in [-0.25, -0.2) is 4.98 Å². The van der Waals surface area contributed by atoms with E-state index < -0.39 is 0 Å². The minimum atomic E-state index is 0.513. The number of benzene rings is 2. The van der Waals surface area contributed by atoms with Gasteiger partial charge in [-0.2, -0.15) is 5.26 Å². The number of aromatic amines is 1. The number of hydrogen-bond donors (Lipinski definition) is 1. The number of nitriles is 1. The highest BCUT2D eigenvalue weighted by Gasteiger charge is 2.07. The molecule has 20 heavy (non-hydrogen) atoms. The van der Waals surface area contributed by atoms with Crippen molar-refractivity contribution in [1.82, 2.24) is 9.97 Å². The fourth-order valence-corrected chi connectivity index (χ4v) is 2.41. The summed E-state index contributed by atoms with van der Waals surface area (Å²) in [4.78, 5) is 7.61. The third-order valence-corrected chi connectivity index (χ3v) is 3.42. The number of nitrogens with zero attached hydrogens (tertiary/aromatic N) is 2. The van der Waals surface area contributed by atoms with Gasteiger partial charge < -0.3 is 4.98 Å². The number of nitrogens with one attached hydrogen (secondary N) is 1. The molecule has 3 nitrogen and oxygen atoms in total. The van der Waals surface area contributed by atoms with Crippen molar-refractivity contribution < 1.29 is 0 Å². The molecule has 1 heterocycles. The Hall–Kier alpha value is -2.38. The molecule has 3 rings (SSSR count). The standard InChI is InChI=1S/C16H10BrN3/c17-13-5-3-4-11(9-13)8-12(10-18)16-19-14-6-1-2-7-15(14)20-16/h1-9H,(H,19,20)/b12-8-. The van der Waals surface area contributed by atoms with Crippen molar-refractivity contribution in [3.8, 4) is 6.07 Å². The molecule has 0 saturated heterocycles. The topological polar surface area (TPSA) is 52.5 Å². The lowest BCUT2D eigenvalue weighted by Crippen LogP contribution is -1.84. The lowest BCUT2D eigenvalue weighted by Gasteiger charge is -1.96. The molecule has 0 saturated carbocycles. The maximum atomic E-state index is 9.35. The maximum absolute atomic E-state index is 9.35. The average Bonchev–Trinajstić information content (AvgIpc) is 2.88. The minimum Gasteiger partial charge on any atom is -0.337 e. The Kier molecular flexibility index (Phi) is 3.36. The van der Waals surface area contributed by atoms with Crippen molar-refractivity contribution in [3.63, 3.8) is 0 Å². The largest absolute Gasteiger partial charge is 0.337 e. The van der Waals surface area contributed by atoms with E-state index in [-0.39, 0.29) is 0 Å². The Labute approximate surface area is 124 Å². The molecule has 3 aromatic rings. The van der Waals surface area contributed by atoms with Crippen LogP contribution in [0.15, 0.2) is 53.0 Å². The monoisotopic (exact) mass is 323 g/mol. The molecule has 0 amide bonds. The summed E-state index contributed by atoms with van der Waals surface area (Å²) >= 11 is 3.42. The Balaban J connectivity index is 2.07. The lowest BCUT2D eigenvalue weighted by molar-refractivity contribution is 1.27. The van der Waals surface area contributed by atoms with Crippen LogP contribution in [0.4, 0.5) is 0 Å². The molecule has 1 N–H and O–H groups in total. The molecule has 0 unspecified atom stereocenters. The third-order valence-electron chi connectivity index (χ3n) is 2.92. The Bertz CT molecular complexity index is 807. The fraction of sp³-hybridized carbons (Fsp3) is 0. The molecule has 0 aliphatic rings. The van der Waals surface area contributed by atoms with E-state index in [2.05, 4.69) is 32.0 Å². The van der Waals surface area contributed by atoms with E-state index in [1.165, 1.54) is 0 Å². The van der Waals surface area contributed by atoms with Gasteiger partial charge in [0.25, 0.3) is 0 Å². The smallest absolute Gasteiger partial charge is 0.149 e. The number of halogens is 1. The number of aromatic nitrogens is 2. The predicted octanol–water partition coefficient (Wildman–Crippen LogP) is 4.39.